The molecule has 2 aliphatic rings. The molecule has 2 unspecified atom stereocenters. The molecule has 0 N–H and O–H groups in total. The first-order valence-corrected chi connectivity index (χ1v) is 6.32. The zero-order chi connectivity index (χ0) is 12.3. The van der Waals surface area contributed by atoms with E-state index < -0.39 is 0 Å². The van der Waals surface area contributed by atoms with E-state index in [-0.39, 0.29) is 30.4 Å². The lowest BCUT2D eigenvalue weighted by atomic mass is 10.0. The third-order valence-corrected chi connectivity index (χ3v) is 3.10. The highest BCUT2D eigenvalue weighted by Gasteiger charge is 2.32. The number of carbonyl (C=O) groups is 1. The number of hydrogen-bond donors (Lipinski definition) is 0. The van der Waals surface area contributed by atoms with Gasteiger partial charge in [-0.3, -0.25) is 0 Å². The van der Waals surface area contributed by atoms with Gasteiger partial charge in [0.15, 0.2) is 6.29 Å². The lowest BCUT2D eigenvalue weighted by Gasteiger charge is -2.31. The molecular formula is C13H20O4. The van der Waals surface area contributed by atoms with Crippen molar-refractivity contribution >= 4 is 5.97 Å². The average molecular weight is 240 g/mol. The minimum absolute atomic E-state index is 0.124. The van der Waals surface area contributed by atoms with Crippen molar-refractivity contribution in [1.29, 1.82) is 0 Å². The van der Waals surface area contributed by atoms with Crippen molar-refractivity contribution in [1.82, 2.24) is 0 Å². The Labute approximate surface area is 102 Å². The van der Waals surface area contributed by atoms with Crippen molar-refractivity contribution in [3.63, 3.8) is 0 Å². The van der Waals surface area contributed by atoms with E-state index >= 15 is 0 Å². The third kappa shape index (κ3) is 3.30. The van der Waals surface area contributed by atoms with E-state index in [0.717, 1.165) is 25.9 Å². The Bertz CT molecular complexity index is 292. The van der Waals surface area contributed by atoms with E-state index in [2.05, 4.69) is 13.8 Å². The van der Waals surface area contributed by atoms with Gasteiger partial charge in [0.05, 0.1) is 0 Å². The predicted molar refractivity (Wildman–Crippen MR) is 62.3 cm³/mol. The van der Waals surface area contributed by atoms with Gasteiger partial charge in [-0.2, -0.15) is 0 Å². The summed E-state index contributed by atoms with van der Waals surface area (Å²) in [6.45, 7) is 4.89. The quantitative estimate of drug-likeness (QED) is 0.705. The number of hydrogen-bond acceptors (Lipinski definition) is 4. The van der Waals surface area contributed by atoms with Crippen LogP contribution in [-0.4, -0.2) is 31.1 Å². The lowest BCUT2D eigenvalue weighted by molar-refractivity contribution is -0.214. The minimum atomic E-state index is -0.284. The Balaban J connectivity index is 1.92. The van der Waals surface area contributed by atoms with Gasteiger partial charge < -0.3 is 14.2 Å². The Hall–Kier alpha value is -0.870. The van der Waals surface area contributed by atoms with Crippen LogP contribution in [-0.2, 0) is 19.0 Å². The van der Waals surface area contributed by atoms with Crippen molar-refractivity contribution in [2.24, 2.45) is 5.92 Å². The standard InChI is InChI=1S/C13H20O4/c1-9(2)13(10-6-7-11(14)16-10)17-12-5-3-4-8-15-12/h6-7,9-10,12-13H,3-5,8H2,1-2H3/t10-,12?,13?/m0/s1. The first-order valence-electron chi connectivity index (χ1n) is 6.32. The van der Waals surface area contributed by atoms with Crippen LogP contribution >= 0.6 is 0 Å². The molecule has 0 bridgehead atoms. The summed E-state index contributed by atoms with van der Waals surface area (Å²) in [6, 6.07) is 0. The molecule has 2 aliphatic heterocycles. The average Bonchev–Trinajstić information content (AvgIpc) is 2.73. The molecular weight excluding hydrogens is 220 g/mol. The summed E-state index contributed by atoms with van der Waals surface area (Å²) < 4.78 is 16.7. The topological polar surface area (TPSA) is 44.8 Å². The van der Waals surface area contributed by atoms with Crippen LogP contribution in [0.25, 0.3) is 0 Å². The van der Waals surface area contributed by atoms with Gasteiger partial charge in [0.2, 0.25) is 0 Å². The fourth-order valence-electron chi connectivity index (χ4n) is 2.17. The molecule has 3 atom stereocenters. The molecule has 0 aromatic carbocycles. The van der Waals surface area contributed by atoms with Gasteiger partial charge in [0, 0.05) is 12.7 Å². The smallest absolute Gasteiger partial charge is 0.331 e. The SMILES string of the molecule is CC(C)C(OC1CCCCO1)[C@@H]1C=CC(=O)O1. The van der Waals surface area contributed by atoms with E-state index in [1.54, 1.807) is 6.08 Å². The number of ether oxygens (including phenoxy) is 3. The highest BCUT2D eigenvalue weighted by atomic mass is 16.7. The van der Waals surface area contributed by atoms with E-state index in [0.29, 0.717) is 0 Å². The molecule has 0 aromatic rings. The number of carbonyl (C=O) groups excluding carboxylic acids is 1. The van der Waals surface area contributed by atoms with Gasteiger partial charge in [-0.1, -0.05) is 13.8 Å². The Morgan fingerprint density at radius 2 is 2.24 bits per heavy atom. The molecule has 4 heteroatoms. The van der Waals surface area contributed by atoms with Gasteiger partial charge >= 0.3 is 5.97 Å². The van der Waals surface area contributed by atoms with Gasteiger partial charge in [0.1, 0.15) is 12.2 Å². The normalized spacial score (nSPS) is 30.6. The van der Waals surface area contributed by atoms with Crippen LogP contribution in [0.15, 0.2) is 12.2 Å². The summed E-state index contributed by atoms with van der Waals surface area (Å²) in [7, 11) is 0. The molecule has 0 aromatic heterocycles. The van der Waals surface area contributed by atoms with Crippen LogP contribution in [0.4, 0.5) is 0 Å². The summed E-state index contributed by atoms with van der Waals surface area (Å²) in [5, 5.41) is 0. The molecule has 96 valence electrons. The molecule has 2 rings (SSSR count). The first-order chi connectivity index (χ1) is 8.16. The predicted octanol–water partition coefficient (Wildman–Crippen LogP) is 2.04. The number of cyclic esters (lactones) is 1. The maximum atomic E-state index is 11.1. The fraction of sp³-hybridized carbons (Fsp3) is 0.769. The van der Waals surface area contributed by atoms with E-state index in [1.807, 2.05) is 0 Å². The van der Waals surface area contributed by atoms with Crippen LogP contribution in [0.2, 0.25) is 0 Å². The number of rotatable bonds is 4. The van der Waals surface area contributed by atoms with E-state index in [1.165, 1.54) is 6.08 Å². The summed E-state index contributed by atoms with van der Waals surface area (Å²) in [5.74, 6) is -0.00473. The Morgan fingerprint density at radius 1 is 1.41 bits per heavy atom. The van der Waals surface area contributed by atoms with Crippen LogP contribution < -0.4 is 0 Å². The molecule has 0 saturated carbocycles. The van der Waals surface area contributed by atoms with Crippen molar-refractivity contribution in [2.45, 2.75) is 51.6 Å². The summed E-state index contributed by atoms with van der Waals surface area (Å²) in [5.41, 5.74) is 0. The molecule has 1 fully saturated rings. The zero-order valence-corrected chi connectivity index (χ0v) is 10.4. The molecule has 1 saturated heterocycles. The van der Waals surface area contributed by atoms with Gasteiger partial charge in [0.25, 0.3) is 0 Å². The van der Waals surface area contributed by atoms with Crippen molar-refractivity contribution < 1.29 is 19.0 Å². The maximum absolute atomic E-state index is 11.1. The highest BCUT2D eigenvalue weighted by Crippen LogP contribution is 2.24. The van der Waals surface area contributed by atoms with Crippen LogP contribution in [0, 0.1) is 5.92 Å². The minimum Gasteiger partial charge on any atom is -0.452 e. The second-order valence-electron chi connectivity index (χ2n) is 4.90. The molecule has 2 heterocycles. The van der Waals surface area contributed by atoms with Gasteiger partial charge in [-0.15, -0.1) is 0 Å². The third-order valence-electron chi connectivity index (χ3n) is 3.10. The largest absolute Gasteiger partial charge is 0.452 e. The Morgan fingerprint density at radius 3 is 2.76 bits per heavy atom. The molecule has 4 nitrogen and oxygen atoms in total. The second kappa shape index (κ2) is 5.65. The monoisotopic (exact) mass is 240 g/mol. The van der Waals surface area contributed by atoms with Crippen LogP contribution in [0.1, 0.15) is 33.1 Å². The fourth-order valence-corrected chi connectivity index (χ4v) is 2.17. The van der Waals surface area contributed by atoms with E-state index in [9.17, 15) is 4.79 Å². The summed E-state index contributed by atoms with van der Waals surface area (Å²) >= 11 is 0. The molecule has 0 amide bonds. The summed E-state index contributed by atoms with van der Waals surface area (Å²) in [6.07, 6.45) is 5.85. The van der Waals surface area contributed by atoms with Crippen molar-refractivity contribution in [3.05, 3.63) is 12.2 Å². The van der Waals surface area contributed by atoms with Crippen molar-refractivity contribution in [3.8, 4) is 0 Å². The van der Waals surface area contributed by atoms with Crippen LogP contribution in [0.5, 0.6) is 0 Å². The summed E-state index contributed by atoms with van der Waals surface area (Å²) in [4.78, 5) is 11.1. The molecule has 0 aliphatic carbocycles. The molecule has 17 heavy (non-hydrogen) atoms. The zero-order valence-electron chi connectivity index (χ0n) is 10.4. The highest BCUT2D eigenvalue weighted by molar-refractivity contribution is 5.84. The lowest BCUT2D eigenvalue weighted by Crippen LogP contribution is -2.38. The molecule has 0 radical (unpaired) electrons. The number of esters is 1. The van der Waals surface area contributed by atoms with E-state index in [4.69, 9.17) is 14.2 Å². The van der Waals surface area contributed by atoms with Gasteiger partial charge in [-0.25, -0.2) is 4.79 Å². The van der Waals surface area contributed by atoms with Crippen LogP contribution in [0.3, 0.4) is 0 Å². The Kier molecular flexibility index (Phi) is 4.18. The molecule has 0 spiro atoms. The first kappa shape index (κ1) is 12.6. The van der Waals surface area contributed by atoms with Gasteiger partial charge in [-0.05, 0) is 31.3 Å². The second-order valence-corrected chi connectivity index (χ2v) is 4.90. The maximum Gasteiger partial charge on any atom is 0.331 e. The van der Waals surface area contributed by atoms with Crippen molar-refractivity contribution in [2.75, 3.05) is 6.61 Å².